The molecule has 18 heavy (non-hydrogen) atoms. The lowest BCUT2D eigenvalue weighted by Crippen LogP contribution is -1.81. The highest BCUT2D eigenvalue weighted by Gasteiger charge is 2.09. The molecule has 0 aliphatic carbocycles. The van der Waals surface area contributed by atoms with Crippen molar-refractivity contribution in [3.05, 3.63) is 40.8 Å². The summed E-state index contributed by atoms with van der Waals surface area (Å²) in [5, 5.41) is 1.91. The summed E-state index contributed by atoms with van der Waals surface area (Å²) < 4.78 is 3.42. The molecule has 0 spiro atoms. The van der Waals surface area contributed by atoms with Crippen LogP contribution in [0.3, 0.4) is 0 Å². The Morgan fingerprint density at radius 3 is 3.11 bits per heavy atom. The molecule has 6 heteroatoms. The lowest BCUT2D eigenvalue weighted by Gasteiger charge is -1.92. The van der Waals surface area contributed by atoms with E-state index in [2.05, 4.69) is 44.1 Å². The summed E-state index contributed by atoms with van der Waals surface area (Å²) in [7, 11) is 0. The number of H-pyrrole nitrogens is 1. The molecule has 90 valence electrons. The molecule has 3 aromatic rings. The van der Waals surface area contributed by atoms with Gasteiger partial charge in [0.25, 0.3) is 0 Å². The molecule has 0 unspecified atom stereocenters. The maximum absolute atomic E-state index is 10.8. The third-order valence-corrected chi connectivity index (χ3v) is 5.14. The van der Waals surface area contributed by atoms with Crippen molar-refractivity contribution in [2.45, 2.75) is 9.24 Å². The molecule has 2 heterocycles. The molecule has 0 fully saturated rings. The molecule has 0 radical (unpaired) electrons. The first kappa shape index (κ1) is 12.0. The Bertz CT molecular complexity index is 720. The number of aldehydes is 1. The van der Waals surface area contributed by atoms with Crippen molar-refractivity contribution in [1.82, 2.24) is 9.97 Å². The maximum Gasteiger partial charge on any atom is 0.169 e. The molecule has 0 aliphatic heterocycles. The number of hydrogen-bond donors (Lipinski definition) is 1. The van der Waals surface area contributed by atoms with Gasteiger partial charge in [-0.25, -0.2) is 4.98 Å². The normalized spacial score (nSPS) is 10.9. The quantitative estimate of drug-likeness (QED) is 0.722. The van der Waals surface area contributed by atoms with Gasteiger partial charge in [0.1, 0.15) is 10.7 Å². The monoisotopic (exact) mass is 338 g/mol. The maximum atomic E-state index is 10.8. The first-order chi connectivity index (χ1) is 8.76. The molecule has 0 bridgehead atoms. The van der Waals surface area contributed by atoms with Gasteiger partial charge in [0.2, 0.25) is 0 Å². The number of aromatic amines is 1. The second-order valence-electron chi connectivity index (χ2n) is 3.59. The summed E-state index contributed by atoms with van der Waals surface area (Å²) in [6, 6.07) is 8.30. The summed E-state index contributed by atoms with van der Waals surface area (Å²) in [5.41, 5.74) is 0.527. The van der Waals surface area contributed by atoms with Gasteiger partial charge < -0.3 is 4.98 Å². The molecule has 0 amide bonds. The van der Waals surface area contributed by atoms with E-state index in [1.54, 1.807) is 11.3 Å². The van der Waals surface area contributed by atoms with E-state index >= 15 is 0 Å². The number of carbonyl (C=O) groups is 1. The number of halogens is 1. The third-order valence-electron chi connectivity index (χ3n) is 2.40. The number of imidazole rings is 1. The van der Waals surface area contributed by atoms with Gasteiger partial charge in [-0.15, -0.1) is 11.3 Å². The predicted molar refractivity (Wildman–Crippen MR) is 77.6 cm³/mol. The molecule has 1 aromatic carbocycles. The van der Waals surface area contributed by atoms with Crippen molar-refractivity contribution in [3.8, 4) is 0 Å². The average molecular weight is 339 g/mol. The molecule has 3 rings (SSSR count). The molecule has 2 aromatic heterocycles. The second kappa shape index (κ2) is 4.87. The Hall–Kier alpha value is -1.11. The smallest absolute Gasteiger partial charge is 0.169 e. The number of nitrogens with zero attached hydrogens (tertiary/aromatic N) is 1. The number of carbonyl (C=O) groups excluding carboxylic acids is 1. The number of nitrogens with one attached hydrogen (secondary N) is 1. The van der Waals surface area contributed by atoms with Gasteiger partial charge in [0.05, 0.1) is 10.5 Å². The first-order valence-corrected chi connectivity index (χ1v) is 7.54. The van der Waals surface area contributed by atoms with Crippen LogP contribution in [-0.4, -0.2) is 16.3 Å². The Morgan fingerprint density at radius 1 is 1.39 bits per heavy atom. The second-order valence-corrected chi connectivity index (χ2v) is 6.88. The topological polar surface area (TPSA) is 45.8 Å². The van der Waals surface area contributed by atoms with Crippen LogP contribution in [-0.2, 0) is 0 Å². The van der Waals surface area contributed by atoms with E-state index in [1.165, 1.54) is 28.2 Å². The van der Waals surface area contributed by atoms with Crippen molar-refractivity contribution in [1.29, 1.82) is 0 Å². The van der Waals surface area contributed by atoms with Gasteiger partial charge in [-0.05, 0) is 29.7 Å². The van der Waals surface area contributed by atoms with Gasteiger partial charge in [-0.3, -0.25) is 4.79 Å². The summed E-state index contributed by atoms with van der Waals surface area (Å²) in [4.78, 5) is 17.8. The van der Waals surface area contributed by atoms with E-state index in [0.717, 1.165) is 20.0 Å². The van der Waals surface area contributed by atoms with E-state index in [1.807, 2.05) is 6.07 Å². The Labute approximate surface area is 120 Å². The highest BCUT2D eigenvalue weighted by molar-refractivity contribution is 9.10. The van der Waals surface area contributed by atoms with Crippen LogP contribution in [0.2, 0.25) is 0 Å². The molecule has 3 nitrogen and oxygen atoms in total. The highest BCUT2D eigenvalue weighted by atomic mass is 79.9. The molecular formula is C12H7BrN2OS2. The fourth-order valence-electron chi connectivity index (χ4n) is 1.59. The van der Waals surface area contributed by atoms with E-state index in [9.17, 15) is 4.79 Å². The zero-order valence-electron chi connectivity index (χ0n) is 9.01. The third kappa shape index (κ3) is 2.23. The van der Waals surface area contributed by atoms with Gasteiger partial charge in [0.15, 0.2) is 6.29 Å². The summed E-state index contributed by atoms with van der Waals surface area (Å²) in [5.74, 6) is 0. The predicted octanol–water partition coefficient (Wildman–Crippen LogP) is 4.35. The SMILES string of the molecule is O=Cc1[nH]cnc1Sc1cc2cc(Br)ccc2s1. The van der Waals surface area contributed by atoms with E-state index in [-0.39, 0.29) is 0 Å². The molecule has 0 atom stereocenters. The number of rotatable bonds is 3. The number of fused-ring (bicyclic) bond motifs is 1. The Balaban J connectivity index is 1.98. The van der Waals surface area contributed by atoms with Crippen LogP contribution in [0.25, 0.3) is 10.1 Å². The fraction of sp³-hybridized carbons (Fsp3) is 0. The van der Waals surface area contributed by atoms with Crippen LogP contribution >= 0.6 is 39.0 Å². The van der Waals surface area contributed by atoms with Crippen molar-refractivity contribution < 1.29 is 4.79 Å². The Kier molecular flexibility index (Phi) is 3.23. The number of benzene rings is 1. The standard InChI is InChI=1S/C12H7BrN2OS2/c13-8-1-2-10-7(3-8)4-11(17-10)18-12-9(5-16)14-6-15-12/h1-6H,(H,14,15). The molecule has 0 aliphatic rings. The number of hydrogen-bond acceptors (Lipinski definition) is 4. The minimum atomic E-state index is 0.527. The minimum Gasteiger partial charge on any atom is -0.341 e. The molecule has 0 saturated carbocycles. The van der Waals surface area contributed by atoms with Crippen LogP contribution < -0.4 is 0 Å². The van der Waals surface area contributed by atoms with Crippen molar-refractivity contribution in [2.24, 2.45) is 0 Å². The average Bonchev–Trinajstić information content (AvgIpc) is 2.94. The van der Waals surface area contributed by atoms with Crippen LogP contribution in [0.4, 0.5) is 0 Å². The minimum absolute atomic E-state index is 0.527. The Morgan fingerprint density at radius 2 is 2.28 bits per heavy atom. The van der Waals surface area contributed by atoms with E-state index in [0.29, 0.717) is 5.69 Å². The van der Waals surface area contributed by atoms with Gasteiger partial charge >= 0.3 is 0 Å². The summed E-state index contributed by atoms with van der Waals surface area (Å²) in [6.45, 7) is 0. The van der Waals surface area contributed by atoms with Crippen LogP contribution in [0.15, 0.2) is 44.3 Å². The summed E-state index contributed by atoms with van der Waals surface area (Å²) >= 11 is 6.66. The van der Waals surface area contributed by atoms with E-state index in [4.69, 9.17) is 0 Å². The fourth-order valence-corrected chi connectivity index (χ4v) is 4.12. The van der Waals surface area contributed by atoms with Crippen molar-refractivity contribution >= 4 is 55.4 Å². The van der Waals surface area contributed by atoms with Crippen LogP contribution in [0, 0.1) is 0 Å². The van der Waals surface area contributed by atoms with Crippen molar-refractivity contribution in [3.63, 3.8) is 0 Å². The summed E-state index contributed by atoms with van der Waals surface area (Å²) in [6.07, 6.45) is 2.33. The number of aromatic nitrogens is 2. The lowest BCUT2D eigenvalue weighted by molar-refractivity contribution is 0.111. The van der Waals surface area contributed by atoms with Crippen LogP contribution in [0.1, 0.15) is 10.5 Å². The lowest BCUT2D eigenvalue weighted by atomic mass is 10.3. The number of thiophene rings is 1. The van der Waals surface area contributed by atoms with Gasteiger partial charge in [0, 0.05) is 9.17 Å². The first-order valence-electron chi connectivity index (χ1n) is 5.12. The van der Waals surface area contributed by atoms with E-state index < -0.39 is 0 Å². The largest absolute Gasteiger partial charge is 0.341 e. The molecule has 0 saturated heterocycles. The van der Waals surface area contributed by atoms with Gasteiger partial charge in [-0.1, -0.05) is 27.7 Å². The highest BCUT2D eigenvalue weighted by Crippen LogP contribution is 2.37. The van der Waals surface area contributed by atoms with Gasteiger partial charge in [-0.2, -0.15) is 0 Å². The molecule has 1 N–H and O–H groups in total. The zero-order valence-corrected chi connectivity index (χ0v) is 12.2. The van der Waals surface area contributed by atoms with Crippen LogP contribution in [0.5, 0.6) is 0 Å². The van der Waals surface area contributed by atoms with Crippen molar-refractivity contribution in [2.75, 3.05) is 0 Å². The zero-order chi connectivity index (χ0) is 12.5. The molecular weight excluding hydrogens is 332 g/mol.